The second kappa shape index (κ2) is 12.5. The number of likely N-dealkylation sites (tertiary alicyclic amines) is 1. The molecule has 3 amide bonds. The average Bonchev–Trinajstić information content (AvgIpc) is 3.26. The van der Waals surface area contributed by atoms with E-state index in [9.17, 15) is 23.6 Å². The van der Waals surface area contributed by atoms with Gasteiger partial charge in [-0.15, -0.1) is 0 Å². The van der Waals surface area contributed by atoms with Gasteiger partial charge in [-0.05, 0) is 29.0 Å². The molecule has 0 aromatic heterocycles. The van der Waals surface area contributed by atoms with Gasteiger partial charge in [0.15, 0.2) is 0 Å². The lowest BCUT2D eigenvalue weighted by Crippen LogP contribution is -2.53. The molecule has 8 nitrogen and oxygen atoms in total. The fourth-order valence-corrected chi connectivity index (χ4v) is 4.56. The Morgan fingerprint density at radius 1 is 0.973 bits per heavy atom. The lowest BCUT2D eigenvalue weighted by atomic mass is 9.95. The van der Waals surface area contributed by atoms with Crippen molar-refractivity contribution in [3.63, 3.8) is 0 Å². The molecule has 37 heavy (non-hydrogen) atoms. The molecule has 0 spiro atoms. The second-order valence-corrected chi connectivity index (χ2v) is 9.70. The van der Waals surface area contributed by atoms with Gasteiger partial charge in [0.2, 0.25) is 17.7 Å². The first-order valence-corrected chi connectivity index (χ1v) is 12.5. The number of hydrogen-bond donors (Lipinski definition) is 3. The molecule has 1 heterocycles. The van der Waals surface area contributed by atoms with Crippen LogP contribution < -0.4 is 10.6 Å². The van der Waals surface area contributed by atoms with Gasteiger partial charge in [-0.2, -0.15) is 0 Å². The van der Waals surface area contributed by atoms with Crippen molar-refractivity contribution in [3.8, 4) is 0 Å². The highest BCUT2D eigenvalue weighted by Crippen LogP contribution is 2.27. The predicted molar refractivity (Wildman–Crippen MR) is 136 cm³/mol. The van der Waals surface area contributed by atoms with Gasteiger partial charge in [0.25, 0.3) is 0 Å². The summed E-state index contributed by atoms with van der Waals surface area (Å²) < 4.78 is 14.5. The van der Waals surface area contributed by atoms with Crippen LogP contribution in [-0.4, -0.2) is 58.5 Å². The van der Waals surface area contributed by atoms with Crippen LogP contribution in [0.2, 0.25) is 0 Å². The van der Waals surface area contributed by atoms with E-state index in [2.05, 4.69) is 24.5 Å². The van der Waals surface area contributed by atoms with Crippen molar-refractivity contribution >= 4 is 23.7 Å². The van der Waals surface area contributed by atoms with Crippen LogP contribution in [0.15, 0.2) is 54.6 Å². The first-order valence-electron chi connectivity index (χ1n) is 12.5. The van der Waals surface area contributed by atoms with E-state index in [0.717, 1.165) is 21.6 Å². The molecule has 2 aromatic rings. The predicted octanol–water partition coefficient (Wildman–Crippen LogP) is 3.32. The Morgan fingerprint density at radius 2 is 1.57 bits per heavy atom. The van der Waals surface area contributed by atoms with Crippen molar-refractivity contribution in [1.29, 1.82) is 0 Å². The van der Waals surface area contributed by atoms with Crippen LogP contribution in [-0.2, 0) is 19.2 Å². The number of rotatable bonds is 10. The number of benzene rings is 2. The van der Waals surface area contributed by atoms with Crippen LogP contribution >= 0.6 is 0 Å². The highest BCUT2D eigenvalue weighted by molar-refractivity contribution is 5.93. The van der Waals surface area contributed by atoms with Gasteiger partial charge in [-0.1, -0.05) is 68.4 Å². The molecule has 2 aromatic carbocycles. The summed E-state index contributed by atoms with van der Waals surface area (Å²) in [6.45, 7) is 5.09. The van der Waals surface area contributed by atoms with Crippen molar-refractivity contribution < 1.29 is 28.7 Å². The van der Waals surface area contributed by atoms with Crippen molar-refractivity contribution in [1.82, 2.24) is 15.5 Å². The zero-order valence-corrected chi connectivity index (χ0v) is 21.3. The maximum absolute atomic E-state index is 14.5. The summed E-state index contributed by atoms with van der Waals surface area (Å²) >= 11 is 0. The molecule has 3 rings (SSSR count). The summed E-state index contributed by atoms with van der Waals surface area (Å²) in [6, 6.07) is 14.5. The minimum Gasteiger partial charge on any atom is -0.481 e. The minimum atomic E-state index is -1.42. The van der Waals surface area contributed by atoms with Crippen LogP contribution in [0, 0.1) is 0 Å². The number of carboxylic acid groups (broad SMARTS) is 1. The first kappa shape index (κ1) is 27.8. The Bertz CT molecular complexity index is 1110. The summed E-state index contributed by atoms with van der Waals surface area (Å²) in [5.74, 6) is -2.49. The highest BCUT2D eigenvalue weighted by Gasteiger charge is 2.42. The number of carbonyl (C=O) groups is 4. The molecule has 1 saturated heterocycles. The van der Waals surface area contributed by atoms with Crippen LogP contribution in [0.1, 0.15) is 68.7 Å². The monoisotopic (exact) mass is 511 g/mol. The lowest BCUT2D eigenvalue weighted by molar-refractivity contribution is -0.142. The zero-order valence-electron chi connectivity index (χ0n) is 21.3. The molecule has 0 bridgehead atoms. The molecule has 1 fully saturated rings. The molecule has 0 saturated carbocycles. The zero-order chi connectivity index (χ0) is 27.1. The molecule has 1 aliphatic heterocycles. The van der Waals surface area contributed by atoms with Gasteiger partial charge < -0.3 is 20.6 Å². The Labute approximate surface area is 216 Å². The SMILES string of the molecule is CC(=O)N[C@@H](CCC(=O)O)C(=O)N1C[C@H](F)C[C@H]1C(=O)N[C@@H](c1ccccc1)c1ccc(C(C)C)cc1. The van der Waals surface area contributed by atoms with E-state index in [0.29, 0.717) is 5.92 Å². The third-order valence-corrected chi connectivity index (χ3v) is 6.51. The molecule has 4 atom stereocenters. The normalized spacial score (nSPS) is 18.8. The van der Waals surface area contributed by atoms with Gasteiger partial charge in [-0.3, -0.25) is 19.2 Å². The molecule has 1 aliphatic rings. The van der Waals surface area contributed by atoms with E-state index in [1.165, 1.54) is 6.92 Å². The van der Waals surface area contributed by atoms with E-state index in [4.69, 9.17) is 5.11 Å². The Balaban J connectivity index is 1.85. The Kier molecular flexibility index (Phi) is 9.38. The Morgan fingerprint density at radius 3 is 2.14 bits per heavy atom. The van der Waals surface area contributed by atoms with Crippen LogP contribution in [0.3, 0.4) is 0 Å². The fourth-order valence-electron chi connectivity index (χ4n) is 4.56. The van der Waals surface area contributed by atoms with Crippen LogP contribution in [0.5, 0.6) is 0 Å². The number of alkyl halides is 1. The molecular weight excluding hydrogens is 477 g/mol. The summed E-state index contributed by atoms with van der Waals surface area (Å²) in [4.78, 5) is 50.6. The maximum atomic E-state index is 14.5. The van der Waals surface area contributed by atoms with Crippen LogP contribution in [0.25, 0.3) is 0 Å². The van der Waals surface area contributed by atoms with Gasteiger partial charge in [0.05, 0.1) is 12.6 Å². The van der Waals surface area contributed by atoms with E-state index >= 15 is 0 Å². The standard InChI is InChI=1S/C28H34FN3O5/c1-17(2)19-9-11-21(12-10-19)26(20-7-5-4-6-8-20)31-27(36)24-15-22(29)16-32(24)28(37)23(30-18(3)33)13-14-25(34)35/h4-12,17,22-24,26H,13-16H2,1-3H3,(H,30,33)(H,31,36)(H,34,35)/t22-,23+,24+,26+/m1/s1. The van der Waals surface area contributed by atoms with Crippen LogP contribution in [0.4, 0.5) is 4.39 Å². The van der Waals surface area contributed by atoms with Gasteiger partial charge in [0.1, 0.15) is 18.3 Å². The van der Waals surface area contributed by atoms with Crippen molar-refractivity contribution in [2.45, 2.75) is 70.2 Å². The summed E-state index contributed by atoms with van der Waals surface area (Å²) in [5.41, 5.74) is 2.83. The summed E-state index contributed by atoms with van der Waals surface area (Å²) in [5, 5.41) is 14.5. The topological polar surface area (TPSA) is 116 Å². The Hall–Kier alpha value is -3.75. The van der Waals surface area contributed by atoms with E-state index in [1.807, 2.05) is 54.6 Å². The number of carboxylic acids is 1. The number of aliphatic carboxylic acids is 1. The van der Waals surface area contributed by atoms with Gasteiger partial charge >= 0.3 is 5.97 Å². The van der Waals surface area contributed by atoms with Crippen molar-refractivity contribution in [2.75, 3.05) is 6.54 Å². The van der Waals surface area contributed by atoms with Gasteiger partial charge in [-0.25, -0.2) is 4.39 Å². The number of nitrogens with one attached hydrogen (secondary N) is 2. The number of halogens is 1. The highest BCUT2D eigenvalue weighted by atomic mass is 19.1. The van der Waals surface area contributed by atoms with Crippen molar-refractivity contribution in [3.05, 3.63) is 71.3 Å². The number of carbonyl (C=O) groups excluding carboxylic acids is 3. The number of hydrogen-bond acceptors (Lipinski definition) is 4. The maximum Gasteiger partial charge on any atom is 0.303 e. The quantitative estimate of drug-likeness (QED) is 0.453. The smallest absolute Gasteiger partial charge is 0.303 e. The largest absolute Gasteiger partial charge is 0.481 e. The molecule has 198 valence electrons. The summed E-state index contributed by atoms with van der Waals surface area (Å²) in [6.07, 6.45) is -2.12. The van der Waals surface area contributed by atoms with Gasteiger partial charge in [0, 0.05) is 19.8 Å². The fraction of sp³-hybridized carbons (Fsp3) is 0.429. The second-order valence-electron chi connectivity index (χ2n) is 9.70. The molecule has 3 N–H and O–H groups in total. The van der Waals surface area contributed by atoms with E-state index in [-0.39, 0.29) is 25.8 Å². The third-order valence-electron chi connectivity index (χ3n) is 6.51. The molecule has 0 radical (unpaired) electrons. The first-order chi connectivity index (χ1) is 17.6. The lowest BCUT2D eigenvalue weighted by Gasteiger charge is -2.30. The molecule has 9 heteroatoms. The van der Waals surface area contributed by atoms with E-state index in [1.54, 1.807) is 0 Å². The van der Waals surface area contributed by atoms with Crippen molar-refractivity contribution in [2.24, 2.45) is 0 Å². The number of nitrogens with zero attached hydrogens (tertiary/aromatic N) is 1. The molecular formula is C28H34FN3O5. The number of amides is 3. The molecule has 0 aliphatic carbocycles. The minimum absolute atomic E-state index is 0.162. The van der Waals surface area contributed by atoms with E-state index < -0.39 is 48.0 Å². The third kappa shape index (κ3) is 7.38. The average molecular weight is 512 g/mol. The molecule has 0 unspecified atom stereocenters. The summed E-state index contributed by atoms with van der Waals surface area (Å²) in [7, 11) is 0.